The molecule has 14 nitrogen and oxygen atoms in total. The molecule has 1 aliphatic heterocycles. The number of hydrogen-bond acceptors (Lipinski definition) is 9. The van der Waals surface area contributed by atoms with Gasteiger partial charge in [-0.05, 0) is 134 Å². The lowest BCUT2D eigenvalue weighted by Crippen LogP contribution is -2.38. The van der Waals surface area contributed by atoms with Crippen LogP contribution in [-0.2, 0) is 24.9 Å². The number of carbonyl (C=O) groups excluding carboxylic acids is 1. The first-order valence-electron chi connectivity index (χ1n) is 22.2. The lowest BCUT2D eigenvalue weighted by Gasteiger charge is -2.30. The van der Waals surface area contributed by atoms with E-state index in [4.69, 9.17) is 9.62 Å². The van der Waals surface area contributed by atoms with E-state index in [9.17, 15) is 4.79 Å². The highest BCUT2D eigenvalue weighted by Crippen LogP contribution is 2.56. The Morgan fingerprint density at radius 2 is 1.80 bits per heavy atom. The third-order valence-corrected chi connectivity index (χ3v) is 13.5. The Bertz CT molecular complexity index is 3180. The maximum atomic E-state index is 15.4. The Morgan fingerprint density at radius 1 is 1.02 bits per heavy atom. The molecule has 326 valence electrons. The van der Waals surface area contributed by atoms with Crippen molar-refractivity contribution in [2.75, 3.05) is 18.5 Å². The van der Waals surface area contributed by atoms with Gasteiger partial charge in [-0.2, -0.15) is 5.10 Å². The van der Waals surface area contributed by atoms with Gasteiger partial charge in [0.05, 0.1) is 23.6 Å². The van der Waals surface area contributed by atoms with Gasteiger partial charge in [-0.15, -0.1) is 10.2 Å². The minimum absolute atomic E-state index is 0.0747. The number of rotatable bonds is 10. The number of benzene rings is 3. The number of hydrogen-bond donors (Lipinski definition) is 1. The number of carbonyl (C=O) groups is 1. The molecule has 14 heteroatoms. The molecule has 1 fully saturated rings. The third kappa shape index (κ3) is 6.57. The summed E-state index contributed by atoms with van der Waals surface area (Å²) >= 11 is 0. The molecule has 1 aliphatic carbocycles. The van der Waals surface area contributed by atoms with Crippen molar-refractivity contribution in [1.82, 2.24) is 49.1 Å². The van der Waals surface area contributed by atoms with E-state index in [0.29, 0.717) is 37.4 Å². The van der Waals surface area contributed by atoms with E-state index in [1.807, 2.05) is 21.8 Å². The molecule has 64 heavy (non-hydrogen) atoms. The van der Waals surface area contributed by atoms with Gasteiger partial charge in [0.15, 0.2) is 5.82 Å². The molecule has 2 atom stereocenters. The van der Waals surface area contributed by atoms with Crippen molar-refractivity contribution in [1.29, 1.82) is 0 Å². The molecule has 0 saturated heterocycles. The molecule has 8 aromatic rings. The normalized spacial score (nSPS) is 17.1. The van der Waals surface area contributed by atoms with Crippen LogP contribution in [0.25, 0.3) is 33.4 Å². The number of aromatic amines is 1. The second kappa shape index (κ2) is 15.3. The molecular formula is C50H53N11O3. The van der Waals surface area contributed by atoms with Crippen molar-refractivity contribution in [3.63, 3.8) is 0 Å². The minimum Gasteiger partial charge on any atom is -0.332 e. The van der Waals surface area contributed by atoms with Crippen LogP contribution in [0.2, 0.25) is 0 Å². The number of aryl methyl sites for hydroxylation is 4. The van der Waals surface area contributed by atoms with Crippen LogP contribution in [0.4, 0.5) is 11.5 Å². The Balaban J connectivity index is 1.08. The quantitative estimate of drug-likeness (QED) is 0.142. The smallest absolute Gasteiger partial charge is 0.332 e. The zero-order chi connectivity index (χ0) is 44.8. The Hall–Kier alpha value is -7.09. The summed E-state index contributed by atoms with van der Waals surface area (Å²) in [6.07, 6.45) is 5.73. The van der Waals surface area contributed by atoms with Gasteiger partial charge in [-0.3, -0.25) is 23.9 Å². The molecule has 0 radical (unpaired) electrons. The van der Waals surface area contributed by atoms with Crippen LogP contribution in [0.1, 0.15) is 101 Å². The van der Waals surface area contributed by atoms with Crippen LogP contribution in [0.15, 0.2) is 88.6 Å². The summed E-state index contributed by atoms with van der Waals surface area (Å²) in [5, 5.41) is 19.1. The summed E-state index contributed by atoms with van der Waals surface area (Å²) in [5.74, 6) is 1.78. The standard InChI is InChI=1S/C50H53N11O3/c1-10-40-33(8)38(15-17-51-40)34-11-13-43-35(23-34)24-44(60(43)50(25-32(50)7)48-53-49(63)64-56-48)47(62)58-18-16-41-39(26-58)46(61(55-41)37-20-29(4)19-30(5)21-37)57(9)36-12-14-42(31(6)22-36)59-27-52-54-45(59)28(2)3/h11-15,17,19-24,27-28,32H,10,16,18,25-26H2,1-9H3,(H,53,56,63)/t32-,50-/m0/s1. The van der Waals surface area contributed by atoms with Crippen molar-refractivity contribution < 1.29 is 9.32 Å². The summed E-state index contributed by atoms with van der Waals surface area (Å²) in [5.41, 5.74) is 13.3. The van der Waals surface area contributed by atoms with Crippen molar-refractivity contribution in [2.45, 2.75) is 92.7 Å². The van der Waals surface area contributed by atoms with E-state index >= 15 is 4.79 Å². The monoisotopic (exact) mass is 855 g/mol. The number of aromatic nitrogens is 9. The summed E-state index contributed by atoms with van der Waals surface area (Å²) in [6.45, 7) is 17.7. The van der Waals surface area contributed by atoms with Gasteiger partial charge in [-0.25, -0.2) is 9.48 Å². The molecule has 2 aliphatic rings. The fourth-order valence-corrected chi connectivity index (χ4v) is 10.1. The SMILES string of the molecule is CCc1nccc(-c2ccc3c(c2)cc(C(=O)N2CCc4nn(-c5cc(C)cc(C)c5)c(N(C)c5ccc(-n6cnnc6C(C)C)c(C)c5)c4C2)n3[C@@]2(c3noc(=O)[nH]3)C[C@@H]2C)c1C. The van der Waals surface area contributed by atoms with Crippen molar-refractivity contribution in [3.8, 4) is 22.5 Å². The van der Waals surface area contributed by atoms with Gasteiger partial charge in [0, 0.05) is 60.0 Å². The van der Waals surface area contributed by atoms with Gasteiger partial charge in [0.25, 0.3) is 5.91 Å². The Labute approximate surface area is 371 Å². The predicted octanol–water partition coefficient (Wildman–Crippen LogP) is 8.82. The third-order valence-electron chi connectivity index (χ3n) is 13.5. The molecule has 1 N–H and O–H groups in total. The largest absolute Gasteiger partial charge is 0.438 e. The fourth-order valence-electron chi connectivity index (χ4n) is 10.1. The van der Waals surface area contributed by atoms with Crippen molar-refractivity contribution >= 4 is 28.3 Å². The van der Waals surface area contributed by atoms with E-state index in [1.54, 1.807) is 6.33 Å². The van der Waals surface area contributed by atoms with Gasteiger partial charge < -0.3 is 14.4 Å². The molecular weight excluding hydrogens is 803 g/mol. The number of nitrogens with one attached hydrogen (secondary N) is 1. The summed E-state index contributed by atoms with van der Waals surface area (Å²) < 4.78 is 11.3. The van der Waals surface area contributed by atoms with Crippen LogP contribution >= 0.6 is 0 Å². The van der Waals surface area contributed by atoms with E-state index in [1.165, 1.54) is 0 Å². The molecule has 6 heterocycles. The van der Waals surface area contributed by atoms with Crippen LogP contribution < -0.4 is 10.7 Å². The molecule has 10 rings (SSSR count). The molecule has 5 aromatic heterocycles. The first kappa shape index (κ1) is 41.0. The molecule has 3 aromatic carbocycles. The zero-order valence-electron chi connectivity index (χ0n) is 37.9. The fraction of sp³-hybridized carbons (Fsp3) is 0.340. The van der Waals surface area contributed by atoms with E-state index in [2.05, 4.69) is 162 Å². The van der Waals surface area contributed by atoms with E-state index in [-0.39, 0.29) is 17.7 Å². The highest BCUT2D eigenvalue weighted by molar-refractivity contribution is 6.00. The lowest BCUT2D eigenvalue weighted by atomic mass is 9.98. The number of fused-ring (bicyclic) bond motifs is 2. The number of nitrogens with zero attached hydrogens (tertiary/aromatic N) is 10. The average Bonchev–Trinajstić information content (AvgIpc) is 3.84. The summed E-state index contributed by atoms with van der Waals surface area (Å²) in [4.78, 5) is 39.5. The molecule has 0 spiro atoms. The van der Waals surface area contributed by atoms with Crippen LogP contribution in [0.3, 0.4) is 0 Å². The first-order chi connectivity index (χ1) is 30.8. The number of H-pyrrole nitrogens is 1. The maximum absolute atomic E-state index is 15.4. The maximum Gasteiger partial charge on any atom is 0.438 e. The van der Waals surface area contributed by atoms with Crippen molar-refractivity contribution in [3.05, 3.63) is 146 Å². The van der Waals surface area contributed by atoms with Crippen molar-refractivity contribution in [2.24, 2.45) is 5.92 Å². The Kier molecular flexibility index (Phi) is 9.80. The van der Waals surface area contributed by atoms with Gasteiger partial charge in [0.2, 0.25) is 0 Å². The minimum atomic E-state index is -0.768. The highest BCUT2D eigenvalue weighted by atomic mass is 16.5. The number of amides is 1. The van der Waals surface area contributed by atoms with Gasteiger partial charge >= 0.3 is 5.76 Å². The molecule has 0 bridgehead atoms. The number of anilines is 2. The molecule has 0 unspecified atom stereocenters. The average molecular weight is 856 g/mol. The topological polar surface area (TPSA) is 149 Å². The second-order valence-electron chi connectivity index (χ2n) is 18.1. The summed E-state index contributed by atoms with van der Waals surface area (Å²) in [7, 11) is 2.07. The van der Waals surface area contributed by atoms with E-state index < -0.39 is 11.3 Å². The van der Waals surface area contributed by atoms with Gasteiger partial charge in [-0.1, -0.05) is 45.0 Å². The molecule has 1 saturated carbocycles. The summed E-state index contributed by atoms with van der Waals surface area (Å²) in [6, 6.07) is 23.3. The first-order valence-corrected chi connectivity index (χ1v) is 22.2. The van der Waals surface area contributed by atoms with E-state index in [0.717, 1.165) is 96.4 Å². The van der Waals surface area contributed by atoms with Crippen LogP contribution in [-0.4, -0.2) is 68.6 Å². The van der Waals surface area contributed by atoms with Crippen LogP contribution in [0, 0.1) is 33.6 Å². The highest BCUT2D eigenvalue weighted by Gasteiger charge is 2.59. The van der Waals surface area contributed by atoms with Gasteiger partial charge in [0.1, 0.15) is 29.2 Å². The molecule has 1 amide bonds. The predicted molar refractivity (Wildman–Crippen MR) is 247 cm³/mol. The Morgan fingerprint density at radius 3 is 2.48 bits per heavy atom. The second-order valence-corrected chi connectivity index (χ2v) is 18.1. The lowest BCUT2D eigenvalue weighted by molar-refractivity contribution is 0.0721. The zero-order valence-corrected chi connectivity index (χ0v) is 37.9. The number of pyridine rings is 1. The van der Waals surface area contributed by atoms with Crippen LogP contribution in [0.5, 0.6) is 0 Å².